The average Bonchev–Trinajstić information content (AvgIpc) is 2.41. The molecule has 1 aromatic carbocycles. The fourth-order valence-corrected chi connectivity index (χ4v) is 2.72. The summed E-state index contributed by atoms with van der Waals surface area (Å²) in [4.78, 5) is 0. The van der Waals surface area contributed by atoms with Gasteiger partial charge in [0.25, 0.3) is 0 Å². The van der Waals surface area contributed by atoms with Gasteiger partial charge in [0.2, 0.25) is 0 Å². The van der Waals surface area contributed by atoms with E-state index in [0.29, 0.717) is 0 Å². The molecule has 2 atom stereocenters. The van der Waals surface area contributed by atoms with E-state index >= 15 is 0 Å². The average molecular weight is 314 g/mol. The van der Waals surface area contributed by atoms with Crippen molar-refractivity contribution in [3.8, 4) is 5.75 Å². The number of hydrogen-bond acceptors (Lipinski definition) is 3. The van der Waals surface area contributed by atoms with E-state index in [0.717, 1.165) is 40.8 Å². The molecule has 1 saturated heterocycles. The number of nitrogens with two attached hydrogens (primary N) is 1. The molecule has 18 heavy (non-hydrogen) atoms. The van der Waals surface area contributed by atoms with Gasteiger partial charge in [-0.25, -0.2) is 0 Å². The number of benzene rings is 1. The smallest absolute Gasteiger partial charge is 0.124 e. The predicted molar refractivity (Wildman–Crippen MR) is 76.0 cm³/mol. The lowest BCUT2D eigenvalue weighted by atomic mass is 9.95. The van der Waals surface area contributed by atoms with Crippen molar-refractivity contribution in [2.45, 2.75) is 38.3 Å². The van der Waals surface area contributed by atoms with E-state index in [1.807, 2.05) is 13.0 Å². The van der Waals surface area contributed by atoms with Crippen LogP contribution in [0.15, 0.2) is 16.6 Å². The van der Waals surface area contributed by atoms with Crippen molar-refractivity contribution < 1.29 is 9.47 Å². The predicted octanol–water partition coefficient (Wildman–Crippen LogP) is 3.34. The minimum Gasteiger partial charge on any atom is -0.496 e. The molecule has 0 amide bonds. The summed E-state index contributed by atoms with van der Waals surface area (Å²) in [5.41, 5.74) is 8.50. The lowest BCUT2D eigenvalue weighted by Crippen LogP contribution is -2.32. The van der Waals surface area contributed by atoms with Crippen LogP contribution in [0.25, 0.3) is 0 Å². The molecule has 3 nitrogen and oxygen atoms in total. The molecule has 1 aliphatic rings. The lowest BCUT2D eigenvalue weighted by Gasteiger charge is -2.29. The third-order valence-corrected chi connectivity index (χ3v) is 4.34. The zero-order valence-electron chi connectivity index (χ0n) is 10.9. The minimum absolute atomic E-state index is 0.0993. The maximum atomic E-state index is 6.34. The van der Waals surface area contributed by atoms with Gasteiger partial charge in [-0.1, -0.05) is 15.9 Å². The van der Waals surface area contributed by atoms with Crippen molar-refractivity contribution in [2.75, 3.05) is 13.7 Å². The minimum atomic E-state index is -0.128. The Kier molecular flexibility index (Phi) is 4.65. The molecule has 4 heteroatoms. The fourth-order valence-electron chi connectivity index (χ4n) is 2.36. The van der Waals surface area contributed by atoms with Crippen LogP contribution < -0.4 is 10.5 Å². The highest BCUT2D eigenvalue weighted by Gasteiger charge is 2.25. The van der Waals surface area contributed by atoms with Crippen molar-refractivity contribution in [1.82, 2.24) is 0 Å². The Balaban J connectivity index is 2.27. The Hall–Kier alpha value is -0.580. The van der Waals surface area contributed by atoms with Crippen molar-refractivity contribution in [2.24, 2.45) is 5.73 Å². The van der Waals surface area contributed by atoms with Crippen LogP contribution in [0.5, 0.6) is 5.75 Å². The van der Waals surface area contributed by atoms with Gasteiger partial charge in [0.05, 0.1) is 19.3 Å². The molecule has 1 fully saturated rings. The van der Waals surface area contributed by atoms with Gasteiger partial charge in [-0.3, -0.25) is 0 Å². The Morgan fingerprint density at radius 1 is 1.44 bits per heavy atom. The number of ether oxygens (including phenoxy) is 2. The van der Waals surface area contributed by atoms with E-state index in [9.17, 15) is 0 Å². The first-order chi connectivity index (χ1) is 8.63. The van der Waals surface area contributed by atoms with Gasteiger partial charge in [0.15, 0.2) is 0 Å². The van der Waals surface area contributed by atoms with Crippen LogP contribution in [-0.2, 0) is 4.74 Å². The molecular weight excluding hydrogens is 294 g/mol. The molecule has 0 saturated carbocycles. The quantitative estimate of drug-likeness (QED) is 0.931. The van der Waals surface area contributed by atoms with Crippen LogP contribution >= 0.6 is 15.9 Å². The molecule has 0 spiro atoms. The van der Waals surface area contributed by atoms with Crippen molar-refractivity contribution in [3.05, 3.63) is 27.7 Å². The van der Waals surface area contributed by atoms with E-state index < -0.39 is 0 Å². The molecule has 1 aromatic rings. The number of halogens is 1. The van der Waals surface area contributed by atoms with E-state index in [4.69, 9.17) is 15.2 Å². The second-order valence-corrected chi connectivity index (χ2v) is 5.63. The Morgan fingerprint density at radius 3 is 2.83 bits per heavy atom. The summed E-state index contributed by atoms with van der Waals surface area (Å²) in [6.45, 7) is 2.85. The van der Waals surface area contributed by atoms with Gasteiger partial charge in [0, 0.05) is 16.6 Å². The maximum absolute atomic E-state index is 6.34. The topological polar surface area (TPSA) is 44.5 Å². The molecule has 1 aliphatic heterocycles. The van der Waals surface area contributed by atoms with E-state index in [2.05, 4.69) is 22.0 Å². The van der Waals surface area contributed by atoms with Crippen LogP contribution in [0.1, 0.15) is 36.4 Å². The second kappa shape index (κ2) is 6.04. The van der Waals surface area contributed by atoms with Gasteiger partial charge >= 0.3 is 0 Å². The third kappa shape index (κ3) is 2.87. The first-order valence-corrected chi connectivity index (χ1v) is 7.14. The van der Waals surface area contributed by atoms with Crippen LogP contribution in [0, 0.1) is 6.92 Å². The molecule has 2 N–H and O–H groups in total. The zero-order chi connectivity index (χ0) is 13.1. The first-order valence-electron chi connectivity index (χ1n) is 6.34. The summed E-state index contributed by atoms with van der Waals surface area (Å²) in [7, 11) is 1.68. The molecule has 1 heterocycles. The number of rotatable bonds is 3. The maximum Gasteiger partial charge on any atom is 0.124 e. The molecule has 2 unspecified atom stereocenters. The number of aryl methyl sites for hydroxylation is 1. The van der Waals surface area contributed by atoms with Crippen LogP contribution in [0.4, 0.5) is 0 Å². The highest BCUT2D eigenvalue weighted by atomic mass is 79.9. The SMILES string of the molecule is COc1cc(C)c(Br)cc1C(N)C1CCCCO1. The Morgan fingerprint density at radius 2 is 2.22 bits per heavy atom. The summed E-state index contributed by atoms with van der Waals surface area (Å²) < 4.78 is 12.3. The van der Waals surface area contributed by atoms with E-state index in [1.54, 1.807) is 7.11 Å². The molecule has 0 aromatic heterocycles. The molecule has 0 radical (unpaired) electrons. The van der Waals surface area contributed by atoms with Crippen LogP contribution in [0.2, 0.25) is 0 Å². The van der Waals surface area contributed by atoms with Crippen LogP contribution in [0.3, 0.4) is 0 Å². The monoisotopic (exact) mass is 313 g/mol. The Labute approximate surface area is 117 Å². The van der Waals surface area contributed by atoms with Gasteiger partial charge < -0.3 is 15.2 Å². The van der Waals surface area contributed by atoms with Gasteiger partial charge in [-0.15, -0.1) is 0 Å². The molecular formula is C14H20BrNO2. The summed E-state index contributed by atoms with van der Waals surface area (Å²) in [5, 5.41) is 0. The second-order valence-electron chi connectivity index (χ2n) is 4.77. The van der Waals surface area contributed by atoms with Crippen molar-refractivity contribution >= 4 is 15.9 Å². The highest BCUT2D eigenvalue weighted by Crippen LogP contribution is 2.34. The summed E-state index contributed by atoms with van der Waals surface area (Å²) in [6.07, 6.45) is 3.45. The van der Waals surface area contributed by atoms with Gasteiger partial charge in [0.1, 0.15) is 5.75 Å². The Bertz CT molecular complexity index is 417. The third-order valence-electron chi connectivity index (χ3n) is 3.49. The first kappa shape index (κ1) is 13.8. The van der Waals surface area contributed by atoms with E-state index in [-0.39, 0.29) is 12.1 Å². The summed E-state index contributed by atoms with van der Waals surface area (Å²) in [5.74, 6) is 0.845. The molecule has 0 bridgehead atoms. The summed E-state index contributed by atoms with van der Waals surface area (Å²) >= 11 is 3.55. The van der Waals surface area contributed by atoms with Crippen molar-refractivity contribution in [3.63, 3.8) is 0 Å². The summed E-state index contributed by atoms with van der Waals surface area (Å²) in [6, 6.07) is 3.94. The molecule has 2 rings (SSSR count). The highest BCUT2D eigenvalue weighted by molar-refractivity contribution is 9.10. The van der Waals surface area contributed by atoms with Crippen LogP contribution in [-0.4, -0.2) is 19.8 Å². The van der Waals surface area contributed by atoms with Gasteiger partial charge in [-0.2, -0.15) is 0 Å². The normalized spacial score (nSPS) is 21.7. The zero-order valence-corrected chi connectivity index (χ0v) is 12.5. The van der Waals surface area contributed by atoms with Crippen molar-refractivity contribution in [1.29, 1.82) is 0 Å². The number of hydrogen-bond donors (Lipinski definition) is 1. The molecule has 100 valence electrons. The number of methoxy groups -OCH3 is 1. The fraction of sp³-hybridized carbons (Fsp3) is 0.571. The largest absolute Gasteiger partial charge is 0.496 e. The molecule has 0 aliphatic carbocycles. The van der Waals surface area contributed by atoms with Gasteiger partial charge in [-0.05, 0) is 43.9 Å². The standard InChI is InChI=1S/C14H20BrNO2/c1-9-7-13(17-2)10(8-11(9)15)14(16)12-5-3-4-6-18-12/h7-8,12,14H,3-6,16H2,1-2H3. The van der Waals surface area contributed by atoms with E-state index in [1.165, 1.54) is 6.42 Å². The lowest BCUT2D eigenvalue weighted by molar-refractivity contribution is -0.000398.